The van der Waals surface area contributed by atoms with Crippen LogP contribution >= 0.6 is 0 Å². The van der Waals surface area contributed by atoms with Crippen molar-refractivity contribution in [3.8, 4) is 0 Å². The summed E-state index contributed by atoms with van der Waals surface area (Å²) in [5.41, 5.74) is 0. The largest absolute Gasteiger partial charge is 0.396 e. The van der Waals surface area contributed by atoms with Gasteiger partial charge in [0.05, 0.1) is 5.92 Å². The molecule has 2 aliphatic rings. The maximum atomic E-state index is 12.1. The molecule has 1 amide bonds. The molecule has 0 aromatic heterocycles. The molecule has 1 heterocycles. The summed E-state index contributed by atoms with van der Waals surface area (Å²) in [6.45, 7) is 4.89. The van der Waals surface area contributed by atoms with Crippen molar-refractivity contribution in [2.24, 2.45) is 23.7 Å². The van der Waals surface area contributed by atoms with Crippen molar-refractivity contribution < 1.29 is 9.90 Å². The van der Waals surface area contributed by atoms with Crippen molar-refractivity contribution >= 4 is 5.91 Å². The molecule has 0 aromatic carbocycles. The number of hydrogen-bond acceptors (Lipinski definition) is 3. The SMILES string of the molecule is CC1CNCC1C(=O)NCC1CCCCC1CO. The number of aliphatic hydroxyl groups is 1. The third kappa shape index (κ3) is 3.23. The summed E-state index contributed by atoms with van der Waals surface area (Å²) in [4.78, 5) is 12.1. The predicted molar refractivity (Wildman–Crippen MR) is 71.1 cm³/mol. The molecule has 0 spiro atoms. The van der Waals surface area contributed by atoms with Gasteiger partial charge in [0.2, 0.25) is 5.91 Å². The van der Waals surface area contributed by atoms with E-state index in [1.807, 2.05) is 0 Å². The van der Waals surface area contributed by atoms with Gasteiger partial charge in [-0.3, -0.25) is 4.79 Å². The Labute approximate surface area is 110 Å². The number of nitrogens with one attached hydrogen (secondary N) is 2. The van der Waals surface area contributed by atoms with Crippen LogP contribution in [0, 0.1) is 23.7 Å². The van der Waals surface area contributed by atoms with Gasteiger partial charge in [0.15, 0.2) is 0 Å². The smallest absolute Gasteiger partial charge is 0.224 e. The third-order valence-electron chi connectivity index (χ3n) is 4.69. The average Bonchev–Trinajstić information content (AvgIpc) is 2.82. The van der Waals surface area contributed by atoms with E-state index < -0.39 is 0 Å². The van der Waals surface area contributed by atoms with Crippen molar-refractivity contribution in [1.29, 1.82) is 0 Å². The van der Waals surface area contributed by atoms with Gasteiger partial charge >= 0.3 is 0 Å². The summed E-state index contributed by atoms with van der Waals surface area (Å²) in [7, 11) is 0. The van der Waals surface area contributed by atoms with E-state index in [2.05, 4.69) is 17.6 Å². The monoisotopic (exact) mass is 254 g/mol. The van der Waals surface area contributed by atoms with Crippen LogP contribution in [0.5, 0.6) is 0 Å². The highest BCUT2D eigenvalue weighted by atomic mass is 16.3. The quantitative estimate of drug-likeness (QED) is 0.694. The average molecular weight is 254 g/mol. The molecule has 4 atom stereocenters. The summed E-state index contributed by atoms with van der Waals surface area (Å²) in [5.74, 6) is 1.61. The molecule has 104 valence electrons. The van der Waals surface area contributed by atoms with E-state index in [1.54, 1.807) is 0 Å². The summed E-state index contributed by atoms with van der Waals surface area (Å²) in [5, 5.41) is 15.7. The molecule has 0 radical (unpaired) electrons. The summed E-state index contributed by atoms with van der Waals surface area (Å²) >= 11 is 0. The van der Waals surface area contributed by atoms with Crippen LogP contribution in [0.1, 0.15) is 32.6 Å². The molecule has 1 aliphatic carbocycles. The van der Waals surface area contributed by atoms with Crippen LogP contribution in [0.25, 0.3) is 0 Å². The fraction of sp³-hybridized carbons (Fsp3) is 0.929. The van der Waals surface area contributed by atoms with Crippen LogP contribution in [-0.2, 0) is 4.79 Å². The molecule has 1 aliphatic heterocycles. The Morgan fingerprint density at radius 3 is 2.61 bits per heavy atom. The Balaban J connectivity index is 1.77. The molecule has 4 nitrogen and oxygen atoms in total. The van der Waals surface area contributed by atoms with Crippen molar-refractivity contribution in [3.63, 3.8) is 0 Å². The Morgan fingerprint density at radius 2 is 2.00 bits per heavy atom. The highest BCUT2D eigenvalue weighted by Crippen LogP contribution is 2.29. The van der Waals surface area contributed by atoms with E-state index in [9.17, 15) is 9.90 Å². The maximum absolute atomic E-state index is 12.1. The van der Waals surface area contributed by atoms with E-state index >= 15 is 0 Å². The molecule has 2 rings (SSSR count). The number of amides is 1. The topological polar surface area (TPSA) is 61.4 Å². The Kier molecular flexibility index (Phi) is 5.01. The zero-order valence-corrected chi connectivity index (χ0v) is 11.3. The molecular formula is C14H26N2O2. The van der Waals surface area contributed by atoms with E-state index in [0.29, 0.717) is 17.8 Å². The molecule has 18 heavy (non-hydrogen) atoms. The fourth-order valence-corrected chi connectivity index (χ4v) is 3.32. The van der Waals surface area contributed by atoms with Crippen LogP contribution in [0.4, 0.5) is 0 Å². The van der Waals surface area contributed by atoms with Gasteiger partial charge in [-0.1, -0.05) is 19.8 Å². The summed E-state index contributed by atoms with van der Waals surface area (Å²) in [6.07, 6.45) is 4.71. The van der Waals surface area contributed by atoms with E-state index in [1.165, 1.54) is 12.8 Å². The molecule has 4 unspecified atom stereocenters. The van der Waals surface area contributed by atoms with Crippen LogP contribution < -0.4 is 10.6 Å². The lowest BCUT2D eigenvalue weighted by atomic mass is 9.79. The second-order valence-corrected chi connectivity index (χ2v) is 5.97. The number of aliphatic hydroxyl groups excluding tert-OH is 1. The lowest BCUT2D eigenvalue weighted by Gasteiger charge is -2.30. The zero-order chi connectivity index (χ0) is 13.0. The normalized spacial score (nSPS) is 36.6. The van der Waals surface area contributed by atoms with Gasteiger partial charge in [-0.25, -0.2) is 0 Å². The standard InChI is InChI=1S/C14H26N2O2/c1-10-6-15-8-13(10)14(18)16-7-11-4-2-3-5-12(11)9-17/h10-13,15,17H,2-9H2,1H3,(H,16,18). The van der Waals surface area contributed by atoms with Crippen molar-refractivity contribution in [2.45, 2.75) is 32.6 Å². The first-order chi connectivity index (χ1) is 8.72. The van der Waals surface area contributed by atoms with Gasteiger partial charge in [0.25, 0.3) is 0 Å². The first-order valence-electron chi connectivity index (χ1n) is 7.31. The minimum absolute atomic E-state index is 0.126. The van der Waals surface area contributed by atoms with Gasteiger partial charge in [0, 0.05) is 19.7 Å². The van der Waals surface area contributed by atoms with E-state index in [4.69, 9.17) is 0 Å². The molecule has 3 N–H and O–H groups in total. The molecule has 1 saturated heterocycles. The molecular weight excluding hydrogens is 228 g/mol. The van der Waals surface area contributed by atoms with Gasteiger partial charge in [-0.05, 0) is 37.1 Å². The Bertz CT molecular complexity index is 283. The molecule has 2 fully saturated rings. The van der Waals surface area contributed by atoms with Crippen molar-refractivity contribution in [1.82, 2.24) is 10.6 Å². The van der Waals surface area contributed by atoms with Crippen LogP contribution in [0.3, 0.4) is 0 Å². The van der Waals surface area contributed by atoms with Gasteiger partial charge in [-0.15, -0.1) is 0 Å². The lowest BCUT2D eigenvalue weighted by Crippen LogP contribution is -2.40. The Hall–Kier alpha value is -0.610. The minimum Gasteiger partial charge on any atom is -0.396 e. The highest BCUT2D eigenvalue weighted by molar-refractivity contribution is 5.79. The van der Waals surface area contributed by atoms with Gasteiger partial charge in [-0.2, -0.15) is 0 Å². The number of hydrogen-bond donors (Lipinski definition) is 3. The van der Waals surface area contributed by atoms with E-state index in [0.717, 1.165) is 32.5 Å². The summed E-state index contributed by atoms with van der Waals surface area (Å²) in [6, 6.07) is 0. The Morgan fingerprint density at radius 1 is 1.28 bits per heavy atom. The second-order valence-electron chi connectivity index (χ2n) is 5.97. The minimum atomic E-state index is 0.126. The first-order valence-corrected chi connectivity index (χ1v) is 7.31. The van der Waals surface area contributed by atoms with Crippen LogP contribution in [0.2, 0.25) is 0 Å². The van der Waals surface area contributed by atoms with Crippen LogP contribution in [0.15, 0.2) is 0 Å². The fourth-order valence-electron chi connectivity index (χ4n) is 3.32. The number of carbonyl (C=O) groups is 1. The van der Waals surface area contributed by atoms with Crippen molar-refractivity contribution in [2.75, 3.05) is 26.2 Å². The summed E-state index contributed by atoms with van der Waals surface area (Å²) < 4.78 is 0. The molecule has 0 bridgehead atoms. The van der Waals surface area contributed by atoms with E-state index in [-0.39, 0.29) is 18.4 Å². The second kappa shape index (κ2) is 6.53. The predicted octanol–water partition coefficient (Wildman–Crippen LogP) is 0.757. The zero-order valence-electron chi connectivity index (χ0n) is 11.3. The third-order valence-corrected chi connectivity index (χ3v) is 4.69. The first kappa shape index (κ1) is 13.8. The number of carbonyl (C=O) groups excluding carboxylic acids is 1. The van der Waals surface area contributed by atoms with Crippen LogP contribution in [-0.4, -0.2) is 37.3 Å². The highest BCUT2D eigenvalue weighted by Gasteiger charge is 2.31. The number of rotatable bonds is 4. The van der Waals surface area contributed by atoms with Gasteiger partial charge in [0.1, 0.15) is 0 Å². The lowest BCUT2D eigenvalue weighted by molar-refractivity contribution is -0.125. The van der Waals surface area contributed by atoms with Crippen molar-refractivity contribution in [3.05, 3.63) is 0 Å². The molecule has 1 saturated carbocycles. The molecule has 0 aromatic rings. The van der Waals surface area contributed by atoms with Gasteiger partial charge < -0.3 is 15.7 Å². The maximum Gasteiger partial charge on any atom is 0.224 e. The molecule has 4 heteroatoms.